The Labute approximate surface area is 241 Å². The van der Waals surface area contributed by atoms with Crippen molar-refractivity contribution in [3.8, 4) is 5.75 Å². The molecular formula is C37H50F2O. The monoisotopic (exact) mass is 548 g/mol. The summed E-state index contributed by atoms with van der Waals surface area (Å²) in [6.07, 6.45) is 22.2. The molecule has 0 saturated heterocycles. The van der Waals surface area contributed by atoms with E-state index < -0.39 is 11.6 Å². The zero-order valence-corrected chi connectivity index (χ0v) is 24.9. The lowest BCUT2D eigenvalue weighted by molar-refractivity contribution is 0.0618. The molecule has 2 aromatic rings. The zero-order chi connectivity index (χ0) is 27.9. The predicted octanol–water partition coefficient (Wildman–Crippen LogP) is 11.0. The molecule has 3 heteroatoms. The highest BCUT2D eigenvalue weighted by Crippen LogP contribution is 2.50. The highest BCUT2D eigenvalue weighted by atomic mass is 19.2. The molecule has 0 aliphatic heterocycles. The lowest BCUT2D eigenvalue weighted by Gasteiger charge is -2.45. The standard InChI is InChI=1S/C37H50F2O/c1-3-5-6-8-31-21-22-35(37(39)36(31)38)40-25-27-10-12-28(13-11-27)29-15-17-30(18-16-29)33-20-19-32-23-26(7-4-2)9-14-34(32)24-33/h3,5,10-13,21-22,26,29-30,32-34H,4,6-9,14-20,23-25H2,1-2H3/b5-3+. The van der Waals surface area contributed by atoms with Gasteiger partial charge in [0.1, 0.15) is 6.61 Å². The highest BCUT2D eigenvalue weighted by Gasteiger charge is 2.38. The second kappa shape index (κ2) is 14.1. The van der Waals surface area contributed by atoms with Crippen molar-refractivity contribution in [2.45, 2.75) is 116 Å². The summed E-state index contributed by atoms with van der Waals surface area (Å²) in [6, 6.07) is 11.8. The van der Waals surface area contributed by atoms with Gasteiger partial charge in [0.25, 0.3) is 0 Å². The molecule has 3 aliphatic carbocycles. The van der Waals surface area contributed by atoms with E-state index in [4.69, 9.17) is 4.74 Å². The van der Waals surface area contributed by atoms with Gasteiger partial charge in [-0.1, -0.05) is 68.7 Å². The summed E-state index contributed by atoms with van der Waals surface area (Å²) >= 11 is 0. The molecule has 0 aromatic heterocycles. The Morgan fingerprint density at radius 1 is 0.775 bits per heavy atom. The Balaban J connectivity index is 1.07. The van der Waals surface area contributed by atoms with Crippen LogP contribution in [0.2, 0.25) is 0 Å². The molecule has 0 amide bonds. The smallest absolute Gasteiger partial charge is 0.200 e. The van der Waals surface area contributed by atoms with Gasteiger partial charge in [0.15, 0.2) is 11.6 Å². The van der Waals surface area contributed by atoms with Crippen LogP contribution in [0, 0.1) is 41.2 Å². The first-order valence-electron chi connectivity index (χ1n) is 16.3. The molecule has 0 heterocycles. The average molecular weight is 549 g/mol. The molecule has 218 valence electrons. The average Bonchev–Trinajstić information content (AvgIpc) is 2.99. The van der Waals surface area contributed by atoms with E-state index in [1.54, 1.807) is 12.1 Å². The van der Waals surface area contributed by atoms with E-state index in [1.165, 1.54) is 82.6 Å². The summed E-state index contributed by atoms with van der Waals surface area (Å²) in [6.45, 7) is 4.52. The second-order valence-electron chi connectivity index (χ2n) is 13.2. The Morgan fingerprint density at radius 2 is 1.45 bits per heavy atom. The molecule has 2 aromatic carbocycles. The predicted molar refractivity (Wildman–Crippen MR) is 162 cm³/mol. The van der Waals surface area contributed by atoms with Gasteiger partial charge in [-0.25, -0.2) is 4.39 Å². The quantitative estimate of drug-likeness (QED) is 0.268. The van der Waals surface area contributed by atoms with Gasteiger partial charge in [0, 0.05) is 0 Å². The lowest BCUT2D eigenvalue weighted by atomic mass is 9.60. The van der Waals surface area contributed by atoms with Crippen LogP contribution < -0.4 is 4.74 Å². The van der Waals surface area contributed by atoms with Crippen molar-refractivity contribution in [1.82, 2.24) is 0 Å². The van der Waals surface area contributed by atoms with Gasteiger partial charge in [0.05, 0.1) is 0 Å². The molecule has 0 N–H and O–H groups in total. The van der Waals surface area contributed by atoms with E-state index in [0.29, 0.717) is 24.3 Å². The topological polar surface area (TPSA) is 9.23 Å². The summed E-state index contributed by atoms with van der Waals surface area (Å²) in [5.74, 6) is 3.93. The summed E-state index contributed by atoms with van der Waals surface area (Å²) in [4.78, 5) is 0. The normalized spacial score (nSPS) is 28.9. The molecule has 0 spiro atoms. The number of aryl methyl sites for hydroxylation is 1. The minimum absolute atomic E-state index is 0.0160. The molecule has 1 nitrogen and oxygen atoms in total. The Bertz CT molecular complexity index is 1100. The maximum atomic E-state index is 14.6. The van der Waals surface area contributed by atoms with Crippen LogP contribution in [0.25, 0.3) is 0 Å². The van der Waals surface area contributed by atoms with Gasteiger partial charge in [-0.3, -0.25) is 0 Å². The van der Waals surface area contributed by atoms with Gasteiger partial charge in [-0.15, -0.1) is 0 Å². The number of hydrogen-bond acceptors (Lipinski definition) is 1. The third-order valence-corrected chi connectivity index (χ3v) is 10.7. The first-order chi connectivity index (χ1) is 19.6. The molecule has 4 atom stereocenters. The number of fused-ring (bicyclic) bond motifs is 1. The van der Waals surface area contributed by atoms with E-state index in [1.807, 2.05) is 19.1 Å². The van der Waals surface area contributed by atoms with Crippen LogP contribution >= 0.6 is 0 Å². The third-order valence-electron chi connectivity index (χ3n) is 10.7. The summed E-state index contributed by atoms with van der Waals surface area (Å²) in [5.41, 5.74) is 2.80. The maximum Gasteiger partial charge on any atom is 0.200 e. The minimum Gasteiger partial charge on any atom is -0.486 e. The summed E-state index contributed by atoms with van der Waals surface area (Å²) in [7, 11) is 0. The molecule has 3 aliphatic rings. The molecule has 3 fully saturated rings. The Hall–Kier alpha value is -2.16. The van der Waals surface area contributed by atoms with Crippen LogP contribution in [-0.2, 0) is 13.0 Å². The van der Waals surface area contributed by atoms with Crippen LogP contribution in [0.5, 0.6) is 5.75 Å². The fourth-order valence-electron chi connectivity index (χ4n) is 8.37. The minimum atomic E-state index is -0.885. The van der Waals surface area contributed by atoms with Crippen molar-refractivity contribution in [1.29, 1.82) is 0 Å². The molecular weight excluding hydrogens is 498 g/mol. The largest absolute Gasteiger partial charge is 0.486 e. The Kier molecular flexibility index (Phi) is 10.4. The first-order valence-corrected chi connectivity index (χ1v) is 16.3. The van der Waals surface area contributed by atoms with E-state index in [9.17, 15) is 8.78 Å². The molecule has 3 saturated carbocycles. The van der Waals surface area contributed by atoms with Crippen LogP contribution in [0.4, 0.5) is 8.78 Å². The summed E-state index contributed by atoms with van der Waals surface area (Å²) in [5, 5.41) is 0. The Morgan fingerprint density at radius 3 is 2.17 bits per heavy atom. The molecule has 40 heavy (non-hydrogen) atoms. The number of ether oxygens (including phenoxy) is 1. The fraction of sp³-hybridized carbons (Fsp3) is 0.622. The lowest BCUT2D eigenvalue weighted by Crippen LogP contribution is -2.34. The highest BCUT2D eigenvalue weighted by molar-refractivity contribution is 5.32. The van der Waals surface area contributed by atoms with Gasteiger partial charge < -0.3 is 4.74 Å². The van der Waals surface area contributed by atoms with Crippen LogP contribution in [0.1, 0.15) is 120 Å². The van der Waals surface area contributed by atoms with Crippen LogP contribution in [0.15, 0.2) is 48.6 Å². The van der Waals surface area contributed by atoms with Gasteiger partial charge in [0.2, 0.25) is 5.82 Å². The third kappa shape index (κ3) is 7.18. The number of halogens is 2. The molecule has 4 unspecified atom stereocenters. The van der Waals surface area contributed by atoms with Crippen molar-refractivity contribution in [2.24, 2.45) is 29.6 Å². The van der Waals surface area contributed by atoms with Crippen LogP contribution in [-0.4, -0.2) is 0 Å². The number of benzene rings is 2. The van der Waals surface area contributed by atoms with E-state index in [0.717, 1.165) is 35.2 Å². The number of hydrogen-bond donors (Lipinski definition) is 0. The molecule has 0 bridgehead atoms. The first kappa shape index (κ1) is 29.3. The van der Waals surface area contributed by atoms with Crippen molar-refractivity contribution in [2.75, 3.05) is 0 Å². The summed E-state index contributed by atoms with van der Waals surface area (Å²) < 4.78 is 34.7. The SMILES string of the molecule is C/C=C/CCc1ccc(OCc2ccc(C3CCC(C4CCC5CC(CCC)CCC5C4)CC3)cc2)c(F)c1F. The van der Waals surface area contributed by atoms with E-state index in [2.05, 4.69) is 31.2 Å². The van der Waals surface area contributed by atoms with Crippen LogP contribution in [0.3, 0.4) is 0 Å². The van der Waals surface area contributed by atoms with Gasteiger partial charge in [-0.05, 0) is 136 Å². The van der Waals surface area contributed by atoms with Crippen molar-refractivity contribution < 1.29 is 13.5 Å². The van der Waals surface area contributed by atoms with Crippen molar-refractivity contribution in [3.63, 3.8) is 0 Å². The van der Waals surface area contributed by atoms with Crippen molar-refractivity contribution in [3.05, 3.63) is 76.9 Å². The van der Waals surface area contributed by atoms with Gasteiger partial charge in [-0.2, -0.15) is 4.39 Å². The number of rotatable bonds is 10. The van der Waals surface area contributed by atoms with Crippen molar-refractivity contribution >= 4 is 0 Å². The van der Waals surface area contributed by atoms with Gasteiger partial charge >= 0.3 is 0 Å². The number of allylic oxidation sites excluding steroid dienone is 2. The molecule has 5 rings (SSSR count). The van der Waals surface area contributed by atoms with E-state index >= 15 is 0 Å². The maximum absolute atomic E-state index is 14.6. The van der Waals surface area contributed by atoms with E-state index in [-0.39, 0.29) is 12.4 Å². The zero-order valence-electron chi connectivity index (χ0n) is 24.9. The fourth-order valence-corrected chi connectivity index (χ4v) is 8.37. The molecule has 0 radical (unpaired) electrons. The second-order valence-corrected chi connectivity index (χ2v) is 13.2.